The molecule has 1 aliphatic rings. The number of carbonyl (C=O) groups excluding carboxylic acids is 1. The summed E-state index contributed by atoms with van der Waals surface area (Å²) in [7, 11) is 0. The maximum absolute atomic E-state index is 13.2. The summed E-state index contributed by atoms with van der Waals surface area (Å²) >= 11 is 3.17. The molecule has 2 heterocycles. The zero-order chi connectivity index (χ0) is 16.4. The lowest BCUT2D eigenvalue weighted by atomic mass is 10.1. The minimum Gasteiger partial charge on any atom is -0.490 e. The van der Waals surface area contributed by atoms with Gasteiger partial charge in [-0.05, 0) is 40.2 Å². The number of hydrogen-bond acceptors (Lipinski definition) is 3. The van der Waals surface area contributed by atoms with Gasteiger partial charge in [0.1, 0.15) is 11.9 Å². The van der Waals surface area contributed by atoms with Crippen molar-refractivity contribution in [1.29, 1.82) is 0 Å². The van der Waals surface area contributed by atoms with Gasteiger partial charge in [-0.1, -0.05) is 0 Å². The second-order valence-electron chi connectivity index (χ2n) is 5.29. The van der Waals surface area contributed by atoms with E-state index < -0.39 is 11.6 Å². The summed E-state index contributed by atoms with van der Waals surface area (Å²) in [6.07, 6.45) is 1.10. The fourth-order valence-electron chi connectivity index (χ4n) is 2.50. The first-order valence-electron chi connectivity index (χ1n) is 7.19. The SMILES string of the molecule is O=C(c1ccc(Br)o1)N1CCC(Oc2ccc(F)c(F)c2)CC1. The van der Waals surface area contributed by atoms with Gasteiger partial charge in [0, 0.05) is 32.0 Å². The Morgan fingerprint density at radius 1 is 1.17 bits per heavy atom. The standard InChI is InChI=1S/C16H14BrF2NO3/c17-15-4-3-14(23-15)16(21)20-7-5-10(6-8-20)22-11-1-2-12(18)13(19)9-11/h1-4,9-10H,5-8H2. The van der Waals surface area contributed by atoms with E-state index in [0.29, 0.717) is 36.4 Å². The Hall–Kier alpha value is -1.89. The number of hydrogen-bond donors (Lipinski definition) is 0. The van der Waals surface area contributed by atoms with E-state index in [2.05, 4.69) is 15.9 Å². The molecule has 0 N–H and O–H groups in total. The molecule has 0 atom stereocenters. The minimum absolute atomic E-state index is 0.132. The predicted octanol–water partition coefficient (Wildman–Crippen LogP) is 4.00. The topological polar surface area (TPSA) is 42.7 Å². The largest absolute Gasteiger partial charge is 0.490 e. The molecule has 122 valence electrons. The minimum atomic E-state index is -0.932. The van der Waals surface area contributed by atoms with Gasteiger partial charge in [-0.15, -0.1) is 0 Å². The van der Waals surface area contributed by atoms with E-state index in [0.717, 1.165) is 12.1 Å². The van der Waals surface area contributed by atoms with Crippen molar-refractivity contribution in [2.24, 2.45) is 0 Å². The van der Waals surface area contributed by atoms with Gasteiger partial charge in [0.15, 0.2) is 22.1 Å². The molecule has 0 unspecified atom stereocenters. The number of furan rings is 1. The van der Waals surface area contributed by atoms with Crippen LogP contribution in [-0.2, 0) is 0 Å². The Bertz CT molecular complexity index is 711. The van der Waals surface area contributed by atoms with Gasteiger partial charge in [-0.3, -0.25) is 4.79 Å². The van der Waals surface area contributed by atoms with Crippen LogP contribution in [0, 0.1) is 11.6 Å². The van der Waals surface area contributed by atoms with Crippen molar-refractivity contribution in [3.63, 3.8) is 0 Å². The molecule has 23 heavy (non-hydrogen) atoms. The smallest absolute Gasteiger partial charge is 0.289 e. The van der Waals surface area contributed by atoms with Crippen LogP contribution >= 0.6 is 15.9 Å². The van der Waals surface area contributed by atoms with Crippen LogP contribution < -0.4 is 4.74 Å². The first kappa shape index (κ1) is 16.0. The maximum atomic E-state index is 13.2. The quantitative estimate of drug-likeness (QED) is 0.801. The number of nitrogens with zero attached hydrogens (tertiary/aromatic N) is 1. The number of rotatable bonds is 3. The number of carbonyl (C=O) groups is 1. The van der Waals surface area contributed by atoms with Crippen LogP contribution in [0.4, 0.5) is 8.78 Å². The van der Waals surface area contributed by atoms with Gasteiger partial charge in [-0.25, -0.2) is 8.78 Å². The van der Waals surface area contributed by atoms with E-state index in [1.165, 1.54) is 6.07 Å². The van der Waals surface area contributed by atoms with Crippen LogP contribution in [0.5, 0.6) is 5.75 Å². The first-order chi connectivity index (χ1) is 11.0. The Balaban J connectivity index is 1.56. The molecule has 1 aliphatic heterocycles. The van der Waals surface area contributed by atoms with Crippen molar-refractivity contribution in [2.45, 2.75) is 18.9 Å². The molecule has 0 bridgehead atoms. The van der Waals surface area contributed by atoms with Gasteiger partial charge >= 0.3 is 0 Å². The van der Waals surface area contributed by atoms with Crippen LogP contribution in [-0.4, -0.2) is 30.0 Å². The molecule has 1 amide bonds. The van der Waals surface area contributed by atoms with E-state index in [1.54, 1.807) is 17.0 Å². The highest BCUT2D eigenvalue weighted by Crippen LogP contribution is 2.23. The molecule has 0 aliphatic carbocycles. The fraction of sp³-hybridized carbons (Fsp3) is 0.312. The van der Waals surface area contributed by atoms with Crippen molar-refractivity contribution < 1.29 is 22.7 Å². The number of amides is 1. The average Bonchev–Trinajstić information content (AvgIpc) is 2.97. The molecular formula is C16H14BrF2NO3. The van der Waals surface area contributed by atoms with E-state index in [4.69, 9.17) is 9.15 Å². The van der Waals surface area contributed by atoms with Gasteiger partial charge < -0.3 is 14.1 Å². The van der Waals surface area contributed by atoms with Crippen LogP contribution in [0.1, 0.15) is 23.4 Å². The molecule has 3 rings (SSSR count). The zero-order valence-corrected chi connectivity index (χ0v) is 13.7. The van der Waals surface area contributed by atoms with Crippen LogP contribution in [0.15, 0.2) is 39.4 Å². The Morgan fingerprint density at radius 3 is 2.52 bits per heavy atom. The van der Waals surface area contributed by atoms with Crippen molar-refractivity contribution in [3.8, 4) is 5.75 Å². The highest BCUT2D eigenvalue weighted by Gasteiger charge is 2.26. The first-order valence-corrected chi connectivity index (χ1v) is 7.98. The van der Waals surface area contributed by atoms with Gasteiger partial charge in [0.05, 0.1) is 0 Å². The second-order valence-corrected chi connectivity index (χ2v) is 6.07. The lowest BCUT2D eigenvalue weighted by molar-refractivity contribution is 0.0565. The summed E-state index contributed by atoms with van der Waals surface area (Å²) in [4.78, 5) is 13.9. The van der Waals surface area contributed by atoms with Crippen molar-refractivity contribution in [2.75, 3.05) is 13.1 Å². The van der Waals surface area contributed by atoms with Crippen molar-refractivity contribution in [3.05, 3.63) is 52.4 Å². The van der Waals surface area contributed by atoms with Crippen molar-refractivity contribution >= 4 is 21.8 Å². The Morgan fingerprint density at radius 2 is 1.91 bits per heavy atom. The predicted molar refractivity (Wildman–Crippen MR) is 82.3 cm³/mol. The van der Waals surface area contributed by atoms with E-state index in [9.17, 15) is 13.6 Å². The highest BCUT2D eigenvalue weighted by molar-refractivity contribution is 9.10. The van der Waals surface area contributed by atoms with Crippen LogP contribution in [0.3, 0.4) is 0 Å². The zero-order valence-electron chi connectivity index (χ0n) is 12.1. The van der Waals surface area contributed by atoms with Gasteiger partial charge in [-0.2, -0.15) is 0 Å². The third kappa shape index (κ3) is 3.72. The lowest BCUT2D eigenvalue weighted by Gasteiger charge is -2.31. The number of benzene rings is 1. The molecule has 1 fully saturated rings. The lowest BCUT2D eigenvalue weighted by Crippen LogP contribution is -2.41. The van der Waals surface area contributed by atoms with E-state index in [-0.39, 0.29) is 17.8 Å². The molecule has 2 aromatic rings. The van der Waals surface area contributed by atoms with E-state index in [1.807, 2.05) is 0 Å². The highest BCUT2D eigenvalue weighted by atomic mass is 79.9. The monoisotopic (exact) mass is 385 g/mol. The Labute approximate surface area is 140 Å². The molecule has 0 radical (unpaired) electrons. The molecule has 0 spiro atoms. The summed E-state index contributed by atoms with van der Waals surface area (Å²) in [5.74, 6) is -1.41. The number of halogens is 3. The summed E-state index contributed by atoms with van der Waals surface area (Å²) in [6.45, 7) is 1.04. The van der Waals surface area contributed by atoms with Crippen LogP contribution in [0.2, 0.25) is 0 Å². The molecule has 1 aromatic carbocycles. The summed E-state index contributed by atoms with van der Waals surface area (Å²) in [6, 6.07) is 6.77. The van der Waals surface area contributed by atoms with Gasteiger partial charge in [0.25, 0.3) is 5.91 Å². The van der Waals surface area contributed by atoms with Gasteiger partial charge in [0.2, 0.25) is 0 Å². The van der Waals surface area contributed by atoms with Crippen LogP contribution in [0.25, 0.3) is 0 Å². The number of ether oxygens (including phenoxy) is 1. The normalized spacial score (nSPS) is 15.7. The summed E-state index contributed by atoms with van der Waals surface area (Å²) in [5.41, 5.74) is 0. The number of likely N-dealkylation sites (tertiary alicyclic amines) is 1. The molecule has 7 heteroatoms. The number of piperidine rings is 1. The molecular weight excluding hydrogens is 372 g/mol. The molecule has 1 saturated heterocycles. The fourth-order valence-corrected chi connectivity index (χ4v) is 2.81. The summed E-state index contributed by atoms with van der Waals surface area (Å²) < 4.78 is 37.5. The Kier molecular flexibility index (Phi) is 4.66. The van der Waals surface area contributed by atoms with E-state index >= 15 is 0 Å². The molecule has 0 saturated carbocycles. The summed E-state index contributed by atoms with van der Waals surface area (Å²) in [5, 5.41) is 0. The molecule has 4 nitrogen and oxygen atoms in total. The van der Waals surface area contributed by atoms with Crippen molar-refractivity contribution in [1.82, 2.24) is 4.90 Å². The average molecular weight is 386 g/mol. The maximum Gasteiger partial charge on any atom is 0.289 e. The third-order valence-electron chi connectivity index (χ3n) is 3.71. The third-order valence-corrected chi connectivity index (χ3v) is 4.13. The second kappa shape index (κ2) is 6.70. The molecule has 1 aromatic heterocycles.